The van der Waals surface area contributed by atoms with E-state index in [2.05, 4.69) is 31.2 Å². The quantitative estimate of drug-likeness (QED) is 0.274. The number of ether oxygens (including phenoxy) is 1. The van der Waals surface area contributed by atoms with Gasteiger partial charge in [-0.25, -0.2) is 0 Å². The first-order valence-electron chi connectivity index (χ1n) is 8.69. The Bertz CT molecular complexity index is 707. The van der Waals surface area contributed by atoms with Crippen LogP contribution in [0.15, 0.2) is 41.7 Å². The zero-order chi connectivity index (χ0) is 18.2. The van der Waals surface area contributed by atoms with Crippen molar-refractivity contribution >= 4 is 52.9 Å². The standard InChI is InChI=1S/C18H24ClN5OS.HI/c1-20-18(22-7-12-25-15-3-2-6-21-13-15)24-10-8-23(9-11-24)14-16-4-5-17(19)26-16;/h2-6,13H,7-12,14H2,1H3,(H,20,22);1H. The molecule has 0 spiro atoms. The molecule has 1 aliphatic rings. The van der Waals surface area contributed by atoms with Crippen LogP contribution in [0, 0.1) is 0 Å². The van der Waals surface area contributed by atoms with Gasteiger partial charge < -0.3 is 15.0 Å². The first-order valence-corrected chi connectivity index (χ1v) is 9.89. The van der Waals surface area contributed by atoms with Gasteiger partial charge in [0.15, 0.2) is 5.96 Å². The summed E-state index contributed by atoms with van der Waals surface area (Å²) in [6.07, 6.45) is 3.45. The molecule has 0 aromatic carbocycles. The van der Waals surface area contributed by atoms with Gasteiger partial charge in [-0.05, 0) is 24.3 Å². The molecule has 1 aliphatic heterocycles. The van der Waals surface area contributed by atoms with Crippen LogP contribution in [0.5, 0.6) is 5.75 Å². The lowest BCUT2D eigenvalue weighted by molar-refractivity contribution is 0.173. The van der Waals surface area contributed by atoms with Crippen molar-refractivity contribution in [3.8, 4) is 5.75 Å². The van der Waals surface area contributed by atoms with Gasteiger partial charge in [0.25, 0.3) is 0 Å². The van der Waals surface area contributed by atoms with E-state index in [0.717, 1.165) is 48.8 Å². The fourth-order valence-electron chi connectivity index (χ4n) is 2.87. The lowest BCUT2D eigenvalue weighted by atomic mass is 10.3. The Labute approximate surface area is 186 Å². The lowest BCUT2D eigenvalue weighted by Gasteiger charge is -2.36. The van der Waals surface area contributed by atoms with Crippen LogP contribution < -0.4 is 10.1 Å². The Morgan fingerprint density at radius 1 is 1.30 bits per heavy atom. The molecule has 0 radical (unpaired) electrons. The van der Waals surface area contributed by atoms with Crippen LogP contribution in [0.2, 0.25) is 4.34 Å². The summed E-state index contributed by atoms with van der Waals surface area (Å²) in [6, 6.07) is 7.85. The topological polar surface area (TPSA) is 53.0 Å². The summed E-state index contributed by atoms with van der Waals surface area (Å²) in [6.45, 7) is 6.20. The van der Waals surface area contributed by atoms with E-state index in [0.29, 0.717) is 13.2 Å². The molecular weight excluding hydrogens is 497 g/mol. The number of thiophene rings is 1. The van der Waals surface area contributed by atoms with Crippen LogP contribution in [-0.4, -0.2) is 67.1 Å². The maximum atomic E-state index is 6.02. The number of halogens is 2. The van der Waals surface area contributed by atoms with Gasteiger partial charge in [0, 0.05) is 50.8 Å². The van der Waals surface area contributed by atoms with Gasteiger partial charge in [-0.3, -0.25) is 14.9 Å². The third-order valence-electron chi connectivity index (χ3n) is 4.18. The van der Waals surface area contributed by atoms with E-state index in [1.807, 2.05) is 25.2 Å². The minimum absolute atomic E-state index is 0. The van der Waals surface area contributed by atoms with Crippen LogP contribution in [0.4, 0.5) is 0 Å². The number of aromatic nitrogens is 1. The number of guanidine groups is 1. The van der Waals surface area contributed by atoms with Crippen molar-refractivity contribution in [1.82, 2.24) is 20.1 Å². The van der Waals surface area contributed by atoms with Crippen molar-refractivity contribution in [2.24, 2.45) is 4.99 Å². The third kappa shape index (κ3) is 7.10. The van der Waals surface area contributed by atoms with Crippen molar-refractivity contribution in [2.45, 2.75) is 6.54 Å². The van der Waals surface area contributed by atoms with E-state index in [1.165, 1.54) is 4.88 Å². The Morgan fingerprint density at radius 2 is 2.11 bits per heavy atom. The van der Waals surface area contributed by atoms with Gasteiger partial charge in [-0.1, -0.05) is 11.6 Å². The molecule has 3 rings (SSSR count). The van der Waals surface area contributed by atoms with E-state index in [1.54, 1.807) is 23.7 Å². The summed E-state index contributed by atoms with van der Waals surface area (Å²) < 4.78 is 6.52. The van der Waals surface area contributed by atoms with Gasteiger partial charge in [0.05, 0.1) is 17.1 Å². The molecule has 9 heteroatoms. The molecule has 0 unspecified atom stereocenters. The monoisotopic (exact) mass is 521 g/mol. The number of aliphatic imine (C=N–C) groups is 1. The minimum atomic E-state index is 0. The molecule has 0 bridgehead atoms. The molecule has 3 heterocycles. The molecule has 0 aliphatic carbocycles. The average Bonchev–Trinajstić information content (AvgIpc) is 3.08. The van der Waals surface area contributed by atoms with Crippen molar-refractivity contribution in [1.29, 1.82) is 0 Å². The molecule has 0 atom stereocenters. The van der Waals surface area contributed by atoms with Gasteiger partial charge >= 0.3 is 0 Å². The van der Waals surface area contributed by atoms with E-state index in [-0.39, 0.29) is 24.0 Å². The summed E-state index contributed by atoms with van der Waals surface area (Å²) in [4.78, 5) is 14.5. The summed E-state index contributed by atoms with van der Waals surface area (Å²) >= 11 is 7.68. The Kier molecular flexibility index (Phi) is 9.60. The number of hydrogen-bond donors (Lipinski definition) is 1. The summed E-state index contributed by atoms with van der Waals surface area (Å²) in [5.41, 5.74) is 0. The molecule has 1 saturated heterocycles. The predicted octanol–water partition coefficient (Wildman–Crippen LogP) is 3.19. The van der Waals surface area contributed by atoms with Gasteiger partial charge in [0.1, 0.15) is 12.4 Å². The van der Waals surface area contributed by atoms with Crippen LogP contribution in [0.25, 0.3) is 0 Å². The summed E-state index contributed by atoms with van der Waals surface area (Å²) in [5, 5.41) is 3.37. The molecular formula is C18H25ClIN5OS. The number of hydrogen-bond acceptors (Lipinski definition) is 5. The fraction of sp³-hybridized carbons (Fsp3) is 0.444. The van der Waals surface area contributed by atoms with Crippen molar-refractivity contribution < 1.29 is 4.74 Å². The number of nitrogens with zero attached hydrogens (tertiary/aromatic N) is 4. The zero-order valence-electron chi connectivity index (χ0n) is 15.3. The lowest BCUT2D eigenvalue weighted by Crippen LogP contribution is -2.52. The smallest absolute Gasteiger partial charge is 0.193 e. The summed E-state index contributed by atoms with van der Waals surface area (Å²) in [7, 11) is 1.82. The Morgan fingerprint density at radius 3 is 2.74 bits per heavy atom. The fourth-order valence-corrected chi connectivity index (χ4v) is 4.00. The highest BCUT2D eigenvalue weighted by atomic mass is 127. The molecule has 27 heavy (non-hydrogen) atoms. The highest BCUT2D eigenvalue weighted by molar-refractivity contribution is 14.0. The molecule has 0 saturated carbocycles. The van der Waals surface area contributed by atoms with Gasteiger partial charge in [-0.2, -0.15) is 0 Å². The van der Waals surface area contributed by atoms with E-state index in [4.69, 9.17) is 16.3 Å². The highest BCUT2D eigenvalue weighted by Crippen LogP contribution is 2.23. The molecule has 0 amide bonds. The zero-order valence-corrected chi connectivity index (χ0v) is 19.2. The van der Waals surface area contributed by atoms with Gasteiger partial charge in [-0.15, -0.1) is 35.3 Å². The van der Waals surface area contributed by atoms with E-state index < -0.39 is 0 Å². The average molecular weight is 522 g/mol. The second-order valence-corrected chi connectivity index (χ2v) is 7.78. The SMILES string of the molecule is CN=C(NCCOc1cccnc1)N1CCN(Cc2ccc(Cl)s2)CC1.I. The van der Waals surface area contributed by atoms with Crippen LogP contribution in [0.3, 0.4) is 0 Å². The third-order valence-corrected chi connectivity index (χ3v) is 5.40. The van der Waals surface area contributed by atoms with E-state index in [9.17, 15) is 0 Å². The molecule has 148 valence electrons. The van der Waals surface area contributed by atoms with Crippen molar-refractivity contribution in [3.63, 3.8) is 0 Å². The predicted molar refractivity (Wildman–Crippen MR) is 123 cm³/mol. The Balaban J connectivity index is 0.00000261. The maximum Gasteiger partial charge on any atom is 0.193 e. The van der Waals surface area contributed by atoms with Gasteiger partial charge in [0.2, 0.25) is 0 Å². The summed E-state index contributed by atoms with van der Waals surface area (Å²) in [5.74, 6) is 1.71. The number of rotatable bonds is 6. The number of nitrogens with one attached hydrogen (secondary N) is 1. The minimum Gasteiger partial charge on any atom is -0.490 e. The van der Waals surface area contributed by atoms with Crippen molar-refractivity contribution in [3.05, 3.63) is 45.9 Å². The number of piperazine rings is 1. The van der Waals surface area contributed by atoms with Crippen LogP contribution >= 0.6 is 46.9 Å². The molecule has 1 N–H and O–H groups in total. The first kappa shape index (κ1) is 22.2. The Hall–Kier alpha value is -1.10. The normalized spacial score (nSPS) is 15.3. The number of pyridine rings is 1. The molecule has 2 aromatic rings. The van der Waals surface area contributed by atoms with Crippen molar-refractivity contribution in [2.75, 3.05) is 46.4 Å². The largest absolute Gasteiger partial charge is 0.490 e. The second kappa shape index (κ2) is 11.7. The first-order chi connectivity index (χ1) is 12.7. The van der Waals surface area contributed by atoms with E-state index >= 15 is 0 Å². The molecule has 1 fully saturated rings. The maximum absolute atomic E-state index is 6.02. The van der Waals surface area contributed by atoms with Crippen LogP contribution in [0.1, 0.15) is 4.88 Å². The van der Waals surface area contributed by atoms with Crippen LogP contribution in [-0.2, 0) is 6.54 Å². The highest BCUT2D eigenvalue weighted by Gasteiger charge is 2.19. The molecule has 6 nitrogen and oxygen atoms in total. The second-order valence-electron chi connectivity index (χ2n) is 5.98. The molecule has 2 aromatic heterocycles.